The summed E-state index contributed by atoms with van der Waals surface area (Å²) < 4.78 is 0. The van der Waals surface area contributed by atoms with Crippen molar-refractivity contribution < 1.29 is 0 Å². The average molecular weight is 199 g/mol. The minimum absolute atomic E-state index is 0.651. The van der Waals surface area contributed by atoms with Crippen molar-refractivity contribution in [2.24, 2.45) is 5.73 Å². The molecule has 2 N–H and O–H groups in total. The van der Waals surface area contributed by atoms with E-state index in [2.05, 4.69) is 30.7 Å². The highest BCUT2D eigenvalue weighted by Crippen LogP contribution is 2.14. The molecule has 1 rings (SSSR count). The molecule has 14 heavy (non-hydrogen) atoms. The smallest absolute Gasteiger partial charge is 0.0237 e. The van der Waals surface area contributed by atoms with Crippen molar-refractivity contribution in [3.8, 4) is 0 Å². The van der Waals surface area contributed by atoms with E-state index in [0.717, 1.165) is 13.0 Å². The molecule has 0 aliphatic carbocycles. The Kier molecular flexibility index (Phi) is 4.85. The van der Waals surface area contributed by atoms with Gasteiger partial charge in [0.25, 0.3) is 0 Å². The SMILES string of the molecule is CC(C)N1CCCN(C)CC1CCN. The Morgan fingerprint density at radius 2 is 2.07 bits per heavy atom. The molecule has 1 saturated heterocycles. The Balaban J connectivity index is 2.59. The van der Waals surface area contributed by atoms with E-state index in [1.165, 1.54) is 26.1 Å². The van der Waals surface area contributed by atoms with Crippen molar-refractivity contribution in [2.75, 3.05) is 33.2 Å². The van der Waals surface area contributed by atoms with Crippen molar-refractivity contribution in [3.05, 3.63) is 0 Å². The molecule has 0 bridgehead atoms. The lowest BCUT2D eigenvalue weighted by Gasteiger charge is -2.33. The molecule has 0 aromatic heterocycles. The topological polar surface area (TPSA) is 32.5 Å². The quantitative estimate of drug-likeness (QED) is 0.728. The second-order valence-corrected chi connectivity index (χ2v) is 4.68. The number of hydrogen-bond donors (Lipinski definition) is 1. The first-order valence-electron chi connectivity index (χ1n) is 5.79. The van der Waals surface area contributed by atoms with Crippen LogP contribution < -0.4 is 5.73 Å². The number of nitrogens with two attached hydrogens (primary N) is 1. The molecule has 1 aliphatic heterocycles. The fraction of sp³-hybridized carbons (Fsp3) is 1.00. The van der Waals surface area contributed by atoms with E-state index >= 15 is 0 Å². The van der Waals surface area contributed by atoms with E-state index in [0.29, 0.717) is 12.1 Å². The van der Waals surface area contributed by atoms with Gasteiger partial charge in [-0.3, -0.25) is 4.90 Å². The third-order valence-electron chi connectivity index (χ3n) is 3.11. The Bertz CT molecular complexity index is 159. The molecule has 0 aromatic rings. The molecule has 0 spiro atoms. The zero-order chi connectivity index (χ0) is 10.6. The average Bonchev–Trinajstić information content (AvgIpc) is 2.27. The van der Waals surface area contributed by atoms with Crippen LogP contribution in [0.15, 0.2) is 0 Å². The zero-order valence-corrected chi connectivity index (χ0v) is 9.87. The zero-order valence-electron chi connectivity index (χ0n) is 9.87. The molecular weight excluding hydrogens is 174 g/mol. The van der Waals surface area contributed by atoms with Gasteiger partial charge in [-0.25, -0.2) is 0 Å². The number of hydrogen-bond acceptors (Lipinski definition) is 3. The second-order valence-electron chi connectivity index (χ2n) is 4.68. The van der Waals surface area contributed by atoms with Gasteiger partial charge in [-0.15, -0.1) is 0 Å². The Morgan fingerprint density at radius 3 is 2.64 bits per heavy atom. The van der Waals surface area contributed by atoms with Gasteiger partial charge in [0.05, 0.1) is 0 Å². The van der Waals surface area contributed by atoms with E-state index in [1.807, 2.05) is 0 Å². The lowest BCUT2D eigenvalue weighted by Crippen LogP contribution is -2.45. The van der Waals surface area contributed by atoms with Gasteiger partial charge >= 0.3 is 0 Å². The summed E-state index contributed by atoms with van der Waals surface area (Å²) >= 11 is 0. The van der Waals surface area contributed by atoms with E-state index in [9.17, 15) is 0 Å². The molecular formula is C11H25N3. The van der Waals surface area contributed by atoms with Crippen LogP contribution in [0.3, 0.4) is 0 Å². The molecule has 1 unspecified atom stereocenters. The lowest BCUT2D eigenvalue weighted by atomic mass is 10.1. The van der Waals surface area contributed by atoms with Crippen molar-refractivity contribution >= 4 is 0 Å². The van der Waals surface area contributed by atoms with E-state index < -0.39 is 0 Å². The largest absolute Gasteiger partial charge is 0.330 e. The predicted octanol–water partition coefficient (Wildman–Crippen LogP) is 0.750. The molecule has 1 aliphatic rings. The molecule has 3 nitrogen and oxygen atoms in total. The summed E-state index contributed by atoms with van der Waals surface area (Å²) in [5.41, 5.74) is 5.67. The van der Waals surface area contributed by atoms with Crippen molar-refractivity contribution in [1.29, 1.82) is 0 Å². The summed E-state index contributed by atoms with van der Waals surface area (Å²) in [6.45, 7) is 9.01. The third kappa shape index (κ3) is 3.23. The van der Waals surface area contributed by atoms with Crippen LogP contribution in [0, 0.1) is 0 Å². The van der Waals surface area contributed by atoms with Crippen LogP contribution in [0.5, 0.6) is 0 Å². The van der Waals surface area contributed by atoms with Crippen LogP contribution in [0.4, 0.5) is 0 Å². The van der Waals surface area contributed by atoms with Gasteiger partial charge in [-0.05, 0) is 53.4 Å². The van der Waals surface area contributed by atoms with Crippen molar-refractivity contribution in [3.63, 3.8) is 0 Å². The maximum Gasteiger partial charge on any atom is 0.0237 e. The Morgan fingerprint density at radius 1 is 1.36 bits per heavy atom. The van der Waals surface area contributed by atoms with Crippen LogP contribution in [0.25, 0.3) is 0 Å². The minimum Gasteiger partial charge on any atom is -0.330 e. The Hall–Kier alpha value is -0.120. The van der Waals surface area contributed by atoms with Gasteiger partial charge in [-0.2, -0.15) is 0 Å². The molecule has 0 saturated carbocycles. The molecule has 0 aromatic carbocycles. The molecule has 1 atom stereocenters. The van der Waals surface area contributed by atoms with Gasteiger partial charge in [-0.1, -0.05) is 0 Å². The molecule has 0 amide bonds. The number of likely N-dealkylation sites (N-methyl/N-ethyl adjacent to an activating group) is 1. The van der Waals surface area contributed by atoms with Crippen LogP contribution in [0.1, 0.15) is 26.7 Å². The molecule has 3 heteroatoms. The number of rotatable bonds is 3. The second kappa shape index (κ2) is 5.69. The normalized spacial score (nSPS) is 26.8. The lowest BCUT2D eigenvalue weighted by molar-refractivity contribution is 0.144. The van der Waals surface area contributed by atoms with Gasteiger partial charge < -0.3 is 10.6 Å². The Labute approximate surface area is 88.2 Å². The summed E-state index contributed by atoms with van der Waals surface area (Å²) in [4.78, 5) is 5.04. The number of nitrogens with zero attached hydrogens (tertiary/aromatic N) is 2. The van der Waals surface area contributed by atoms with E-state index in [-0.39, 0.29) is 0 Å². The van der Waals surface area contributed by atoms with Gasteiger partial charge in [0.15, 0.2) is 0 Å². The van der Waals surface area contributed by atoms with Crippen molar-refractivity contribution in [2.45, 2.75) is 38.8 Å². The van der Waals surface area contributed by atoms with Crippen LogP contribution >= 0.6 is 0 Å². The van der Waals surface area contributed by atoms with Crippen LogP contribution in [-0.4, -0.2) is 55.1 Å². The fourth-order valence-electron chi connectivity index (χ4n) is 2.39. The maximum atomic E-state index is 5.67. The summed E-state index contributed by atoms with van der Waals surface area (Å²) in [6, 6.07) is 1.31. The molecule has 0 radical (unpaired) electrons. The monoisotopic (exact) mass is 199 g/mol. The van der Waals surface area contributed by atoms with Crippen LogP contribution in [0.2, 0.25) is 0 Å². The maximum absolute atomic E-state index is 5.67. The molecule has 1 heterocycles. The summed E-state index contributed by atoms with van der Waals surface area (Å²) in [6.07, 6.45) is 2.41. The van der Waals surface area contributed by atoms with Crippen LogP contribution in [-0.2, 0) is 0 Å². The van der Waals surface area contributed by atoms with Gasteiger partial charge in [0.1, 0.15) is 0 Å². The minimum atomic E-state index is 0.651. The van der Waals surface area contributed by atoms with Gasteiger partial charge in [0, 0.05) is 18.6 Å². The highest BCUT2D eigenvalue weighted by Gasteiger charge is 2.24. The first-order chi connectivity index (χ1) is 6.65. The fourth-order valence-corrected chi connectivity index (χ4v) is 2.39. The molecule has 84 valence electrons. The highest BCUT2D eigenvalue weighted by molar-refractivity contribution is 4.81. The third-order valence-corrected chi connectivity index (χ3v) is 3.11. The summed E-state index contributed by atoms with van der Waals surface area (Å²) in [5, 5.41) is 0. The van der Waals surface area contributed by atoms with E-state index in [4.69, 9.17) is 5.73 Å². The molecule has 1 fully saturated rings. The first kappa shape index (κ1) is 12.0. The predicted molar refractivity (Wildman–Crippen MR) is 61.4 cm³/mol. The van der Waals surface area contributed by atoms with Crippen molar-refractivity contribution in [1.82, 2.24) is 9.80 Å². The first-order valence-corrected chi connectivity index (χ1v) is 5.79. The van der Waals surface area contributed by atoms with Gasteiger partial charge in [0.2, 0.25) is 0 Å². The summed E-state index contributed by atoms with van der Waals surface area (Å²) in [7, 11) is 2.22. The standard InChI is InChI=1S/C11H25N3/c1-10(2)14-8-4-7-13(3)9-11(14)5-6-12/h10-11H,4-9,12H2,1-3H3. The van der Waals surface area contributed by atoms with E-state index in [1.54, 1.807) is 0 Å². The summed E-state index contributed by atoms with van der Waals surface area (Å²) in [5.74, 6) is 0. The highest BCUT2D eigenvalue weighted by atomic mass is 15.2.